The first kappa shape index (κ1) is 28.0. The SMILES string of the molecule is O=C1c2ccccc2C(=O)N1[C@H]1[C@H](OCc2ccccc2)O[C@@H](COCc2ccccc2)C[C@@H]1OCc1ccccc1. The first-order valence-electron chi connectivity index (χ1n) is 14.2. The Morgan fingerprint density at radius 1 is 0.619 bits per heavy atom. The summed E-state index contributed by atoms with van der Waals surface area (Å²) in [4.78, 5) is 28.6. The zero-order chi connectivity index (χ0) is 28.7. The Morgan fingerprint density at radius 3 is 1.64 bits per heavy atom. The zero-order valence-electron chi connectivity index (χ0n) is 23.2. The third kappa shape index (κ3) is 6.35. The number of hydrogen-bond acceptors (Lipinski definition) is 6. The maximum absolute atomic E-state index is 13.7. The van der Waals surface area contributed by atoms with Crippen molar-refractivity contribution in [1.29, 1.82) is 0 Å². The molecule has 2 amide bonds. The van der Waals surface area contributed by atoms with Crippen molar-refractivity contribution < 1.29 is 28.5 Å². The molecule has 42 heavy (non-hydrogen) atoms. The minimum atomic E-state index is -0.924. The summed E-state index contributed by atoms with van der Waals surface area (Å²) >= 11 is 0. The van der Waals surface area contributed by atoms with Gasteiger partial charge in [-0.3, -0.25) is 14.5 Å². The lowest BCUT2D eigenvalue weighted by atomic mass is 9.98. The Morgan fingerprint density at radius 2 is 1.10 bits per heavy atom. The summed E-state index contributed by atoms with van der Waals surface area (Å²) in [5.41, 5.74) is 3.75. The molecule has 0 bridgehead atoms. The number of rotatable bonds is 11. The first-order valence-corrected chi connectivity index (χ1v) is 14.2. The van der Waals surface area contributed by atoms with Crippen molar-refractivity contribution in [2.45, 2.75) is 50.8 Å². The molecule has 214 valence electrons. The van der Waals surface area contributed by atoms with E-state index < -0.39 is 18.4 Å². The van der Waals surface area contributed by atoms with Crippen LogP contribution in [0.4, 0.5) is 0 Å². The highest BCUT2D eigenvalue weighted by atomic mass is 16.7. The molecule has 0 radical (unpaired) electrons. The maximum Gasteiger partial charge on any atom is 0.262 e. The highest BCUT2D eigenvalue weighted by Crippen LogP contribution is 2.34. The van der Waals surface area contributed by atoms with Crippen molar-refractivity contribution in [2.75, 3.05) is 6.61 Å². The summed E-state index contributed by atoms with van der Waals surface area (Å²) in [7, 11) is 0. The van der Waals surface area contributed by atoms with E-state index in [9.17, 15) is 9.59 Å². The number of hydrogen-bond donors (Lipinski definition) is 0. The van der Waals surface area contributed by atoms with Crippen LogP contribution in [-0.4, -0.2) is 47.9 Å². The fraction of sp³-hybridized carbons (Fsp3) is 0.257. The molecule has 0 saturated carbocycles. The second kappa shape index (κ2) is 13.2. The van der Waals surface area contributed by atoms with E-state index in [1.807, 2.05) is 91.0 Å². The van der Waals surface area contributed by atoms with Crippen molar-refractivity contribution in [3.8, 4) is 0 Å². The number of fused-ring (bicyclic) bond motifs is 1. The van der Waals surface area contributed by atoms with Crippen LogP contribution in [0.15, 0.2) is 115 Å². The molecule has 2 heterocycles. The molecule has 1 saturated heterocycles. The van der Waals surface area contributed by atoms with E-state index in [0.717, 1.165) is 16.7 Å². The molecule has 0 N–H and O–H groups in total. The molecule has 4 aromatic carbocycles. The van der Waals surface area contributed by atoms with Gasteiger partial charge in [0, 0.05) is 6.42 Å². The largest absolute Gasteiger partial charge is 0.374 e. The first-order chi connectivity index (χ1) is 20.7. The molecule has 0 aliphatic carbocycles. The average Bonchev–Trinajstić information content (AvgIpc) is 3.29. The molecule has 1 fully saturated rings. The van der Waals surface area contributed by atoms with E-state index >= 15 is 0 Å². The Labute approximate surface area is 245 Å². The number of amides is 2. The van der Waals surface area contributed by atoms with E-state index in [2.05, 4.69) is 0 Å². The lowest BCUT2D eigenvalue weighted by Crippen LogP contribution is -2.60. The summed E-state index contributed by atoms with van der Waals surface area (Å²) in [6, 6.07) is 35.6. The van der Waals surface area contributed by atoms with Gasteiger partial charge in [0.25, 0.3) is 11.8 Å². The molecule has 4 aromatic rings. The second-order valence-electron chi connectivity index (χ2n) is 10.5. The fourth-order valence-corrected chi connectivity index (χ4v) is 5.49. The van der Waals surface area contributed by atoms with Crippen LogP contribution < -0.4 is 0 Å². The Balaban J connectivity index is 1.27. The van der Waals surface area contributed by atoms with Gasteiger partial charge >= 0.3 is 0 Å². The van der Waals surface area contributed by atoms with Crippen LogP contribution in [0.25, 0.3) is 0 Å². The van der Waals surface area contributed by atoms with E-state index in [1.54, 1.807) is 24.3 Å². The molecule has 2 aliphatic rings. The van der Waals surface area contributed by atoms with Gasteiger partial charge in [-0.15, -0.1) is 0 Å². The highest BCUT2D eigenvalue weighted by Gasteiger charge is 2.51. The lowest BCUT2D eigenvalue weighted by Gasteiger charge is -2.44. The van der Waals surface area contributed by atoms with Crippen LogP contribution in [0.3, 0.4) is 0 Å². The third-order valence-corrected chi connectivity index (χ3v) is 7.58. The number of ether oxygens (including phenoxy) is 4. The summed E-state index contributed by atoms with van der Waals surface area (Å²) in [6.07, 6.45) is -1.42. The number of carbonyl (C=O) groups is 2. The molecule has 4 atom stereocenters. The van der Waals surface area contributed by atoms with Crippen LogP contribution in [0, 0.1) is 0 Å². The van der Waals surface area contributed by atoms with Crippen molar-refractivity contribution in [1.82, 2.24) is 4.90 Å². The van der Waals surface area contributed by atoms with Crippen LogP contribution in [0.5, 0.6) is 0 Å². The predicted octanol–water partition coefficient (Wildman–Crippen LogP) is 5.79. The van der Waals surface area contributed by atoms with Crippen LogP contribution >= 0.6 is 0 Å². The standard InChI is InChI=1S/C35H33NO6/c37-33-29-18-10-11-19-30(29)34(38)36(33)32-31(40-22-26-14-6-2-7-15-26)20-28(24-39-21-25-12-4-1-5-13-25)42-35(32)41-23-27-16-8-3-9-17-27/h1-19,28,31-32,35H,20-24H2/t28-,31+,32-,35-/m1/s1. The van der Waals surface area contributed by atoms with Crippen molar-refractivity contribution in [3.05, 3.63) is 143 Å². The van der Waals surface area contributed by atoms with Gasteiger partial charge in [0.1, 0.15) is 6.04 Å². The minimum absolute atomic E-state index is 0.244. The van der Waals surface area contributed by atoms with Gasteiger partial charge in [0.2, 0.25) is 0 Å². The number of benzene rings is 4. The summed E-state index contributed by atoms with van der Waals surface area (Å²) in [5, 5.41) is 0. The van der Waals surface area contributed by atoms with E-state index in [4.69, 9.17) is 18.9 Å². The second-order valence-corrected chi connectivity index (χ2v) is 10.5. The van der Waals surface area contributed by atoms with Gasteiger partial charge in [-0.25, -0.2) is 0 Å². The minimum Gasteiger partial charge on any atom is -0.374 e. The third-order valence-electron chi connectivity index (χ3n) is 7.58. The Bertz CT molecular complexity index is 1390. The van der Waals surface area contributed by atoms with Crippen molar-refractivity contribution in [3.63, 3.8) is 0 Å². The number of carbonyl (C=O) groups excluding carboxylic acids is 2. The van der Waals surface area contributed by atoms with Crippen molar-refractivity contribution in [2.24, 2.45) is 0 Å². The van der Waals surface area contributed by atoms with Gasteiger partial charge in [0.05, 0.1) is 49.8 Å². The molecule has 6 rings (SSSR count). The van der Waals surface area contributed by atoms with Gasteiger partial charge in [-0.05, 0) is 28.8 Å². The van der Waals surface area contributed by atoms with Gasteiger partial charge in [-0.1, -0.05) is 103 Å². The Kier molecular flexibility index (Phi) is 8.82. The molecular weight excluding hydrogens is 530 g/mol. The monoisotopic (exact) mass is 563 g/mol. The summed E-state index contributed by atoms with van der Waals surface area (Å²) in [6.45, 7) is 1.30. The molecule has 0 spiro atoms. The van der Waals surface area contributed by atoms with Crippen LogP contribution in [-0.2, 0) is 38.8 Å². The Hall–Kier alpha value is -4.14. The number of nitrogens with zero attached hydrogens (tertiary/aromatic N) is 1. The summed E-state index contributed by atoms with van der Waals surface area (Å²) < 4.78 is 25.4. The maximum atomic E-state index is 13.7. The molecular formula is C35H33NO6. The molecule has 7 heteroatoms. The van der Waals surface area contributed by atoms with E-state index in [0.29, 0.717) is 37.4 Å². The molecule has 2 aliphatic heterocycles. The van der Waals surface area contributed by atoms with Crippen molar-refractivity contribution >= 4 is 11.8 Å². The normalized spacial score (nSPS) is 21.9. The number of imide groups is 1. The van der Waals surface area contributed by atoms with Gasteiger partial charge in [0.15, 0.2) is 6.29 Å². The predicted molar refractivity (Wildman–Crippen MR) is 156 cm³/mol. The topological polar surface area (TPSA) is 74.3 Å². The van der Waals surface area contributed by atoms with Gasteiger partial charge in [-0.2, -0.15) is 0 Å². The smallest absolute Gasteiger partial charge is 0.262 e. The zero-order valence-corrected chi connectivity index (χ0v) is 23.2. The average molecular weight is 564 g/mol. The van der Waals surface area contributed by atoms with Crippen LogP contribution in [0.2, 0.25) is 0 Å². The van der Waals surface area contributed by atoms with E-state index in [-0.39, 0.29) is 24.5 Å². The van der Waals surface area contributed by atoms with Crippen LogP contribution in [0.1, 0.15) is 43.8 Å². The van der Waals surface area contributed by atoms with E-state index in [1.165, 1.54) is 4.90 Å². The lowest BCUT2D eigenvalue weighted by molar-refractivity contribution is -0.261. The summed E-state index contributed by atoms with van der Waals surface area (Å²) in [5.74, 6) is -0.741. The molecule has 0 unspecified atom stereocenters. The molecule has 0 aromatic heterocycles. The van der Waals surface area contributed by atoms with Gasteiger partial charge < -0.3 is 18.9 Å². The fourth-order valence-electron chi connectivity index (χ4n) is 5.49. The molecule has 7 nitrogen and oxygen atoms in total. The highest BCUT2D eigenvalue weighted by molar-refractivity contribution is 6.21. The quantitative estimate of drug-likeness (QED) is 0.215.